The quantitative estimate of drug-likeness (QED) is 0.402. The second kappa shape index (κ2) is 11.0. The molecule has 1 heterocycles. The van der Waals surface area contributed by atoms with Gasteiger partial charge in [0, 0.05) is 12.6 Å². The molecule has 0 bridgehead atoms. The summed E-state index contributed by atoms with van der Waals surface area (Å²) >= 11 is 1.41. The van der Waals surface area contributed by atoms with Crippen molar-refractivity contribution < 1.29 is 9.53 Å². The number of nitrogens with one attached hydrogen (secondary N) is 1. The minimum absolute atomic E-state index is 0.0554. The number of carbonyl (C=O) groups excluding carboxylic acids is 1. The van der Waals surface area contributed by atoms with Gasteiger partial charge in [0.2, 0.25) is 5.91 Å². The fraction of sp³-hybridized carbons (Fsp3) is 0.560. The number of hydrogen-bond donors (Lipinski definition) is 1. The van der Waals surface area contributed by atoms with Crippen LogP contribution in [0.1, 0.15) is 77.3 Å². The van der Waals surface area contributed by atoms with Crippen LogP contribution in [0.2, 0.25) is 0 Å². The number of thioether (sulfide) groups is 1. The topological polar surface area (TPSA) is 69.0 Å². The van der Waals surface area contributed by atoms with Crippen molar-refractivity contribution in [2.45, 2.75) is 89.1 Å². The summed E-state index contributed by atoms with van der Waals surface area (Å²) < 4.78 is 8.12. The van der Waals surface area contributed by atoms with Crippen molar-refractivity contribution in [2.75, 3.05) is 5.75 Å². The predicted octanol–water partition coefficient (Wildman–Crippen LogP) is 5.44. The van der Waals surface area contributed by atoms with E-state index in [9.17, 15) is 4.79 Å². The molecule has 0 aliphatic heterocycles. The summed E-state index contributed by atoms with van der Waals surface area (Å²) in [5, 5.41) is 12.6. The molecule has 0 spiro atoms. The summed E-state index contributed by atoms with van der Waals surface area (Å²) in [7, 11) is 0. The lowest BCUT2D eigenvalue weighted by Gasteiger charge is -2.22. The Morgan fingerprint density at radius 1 is 1.25 bits per heavy atom. The molecule has 7 heteroatoms. The fourth-order valence-corrected chi connectivity index (χ4v) is 4.71. The van der Waals surface area contributed by atoms with Crippen molar-refractivity contribution >= 4 is 17.7 Å². The van der Waals surface area contributed by atoms with Crippen molar-refractivity contribution in [2.24, 2.45) is 0 Å². The Kier molecular flexibility index (Phi) is 8.40. The number of aromatic nitrogens is 3. The van der Waals surface area contributed by atoms with Crippen LogP contribution in [0.4, 0.5) is 0 Å². The maximum absolute atomic E-state index is 12.4. The molecule has 1 amide bonds. The first-order valence-electron chi connectivity index (χ1n) is 11.5. The lowest BCUT2D eigenvalue weighted by Crippen LogP contribution is -2.37. The van der Waals surface area contributed by atoms with E-state index in [1.807, 2.05) is 29.7 Å². The van der Waals surface area contributed by atoms with Gasteiger partial charge >= 0.3 is 0 Å². The number of rotatable bonds is 9. The van der Waals surface area contributed by atoms with Crippen LogP contribution in [-0.2, 0) is 16.8 Å². The smallest absolute Gasteiger partial charge is 0.230 e. The third kappa shape index (κ3) is 6.61. The summed E-state index contributed by atoms with van der Waals surface area (Å²) in [6.07, 6.45) is 7.36. The van der Waals surface area contributed by atoms with E-state index < -0.39 is 0 Å². The van der Waals surface area contributed by atoms with Crippen LogP contribution in [0, 0.1) is 0 Å². The zero-order chi connectivity index (χ0) is 23.1. The van der Waals surface area contributed by atoms with Gasteiger partial charge in [0.05, 0.1) is 5.75 Å². The molecule has 1 N–H and O–H groups in total. The van der Waals surface area contributed by atoms with Gasteiger partial charge in [-0.1, -0.05) is 70.0 Å². The van der Waals surface area contributed by atoms with Gasteiger partial charge < -0.3 is 10.1 Å². The Morgan fingerprint density at radius 3 is 2.56 bits per heavy atom. The summed E-state index contributed by atoms with van der Waals surface area (Å²) in [4.78, 5) is 12.4. The van der Waals surface area contributed by atoms with Gasteiger partial charge in [0.25, 0.3) is 0 Å². The summed E-state index contributed by atoms with van der Waals surface area (Å²) in [6.45, 7) is 13.0. The molecule has 32 heavy (non-hydrogen) atoms. The monoisotopic (exact) mass is 456 g/mol. The highest BCUT2D eigenvalue weighted by Gasteiger charge is 2.21. The standard InChI is InChI=1S/C25H36N4O2S/c1-6-16-29-23(18(2)31-21-14-12-19(13-15-21)25(3,4)5)27-28-24(29)32-17-22(30)26-20-10-8-7-9-11-20/h6,12-15,18,20H,1,7-11,16-17H2,2-5H3,(H,26,30). The molecule has 1 fully saturated rings. The maximum Gasteiger partial charge on any atom is 0.230 e. The number of hydrogen-bond acceptors (Lipinski definition) is 5. The van der Waals surface area contributed by atoms with E-state index in [4.69, 9.17) is 4.74 Å². The molecule has 1 atom stereocenters. The molecule has 1 saturated carbocycles. The van der Waals surface area contributed by atoms with E-state index >= 15 is 0 Å². The molecule has 174 valence electrons. The van der Waals surface area contributed by atoms with Crippen molar-refractivity contribution in [3.63, 3.8) is 0 Å². The van der Waals surface area contributed by atoms with E-state index in [0.717, 1.165) is 24.4 Å². The SMILES string of the molecule is C=CCn1c(SCC(=O)NC2CCCCC2)nnc1C(C)Oc1ccc(C(C)(C)C)cc1. The van der Waals surface area contributed by atoms with E-state index in [-0.39, 0.29) is 17.4 Å². The van der Waals surface area contributed by atoms with Gasteiger partial charge in [-0.15, -0.1) is 16.8 Å². The Balaban J connectivity index is 1.62. The van der Waals surface area contributed by atoms with Crippen molar-refractivity contribution in [1.82, 2.24) is 20.1 Å². The Morgan fingerprint density at radius 2 is 1.94 bits per heavy atom. The summed E-state index contributed by atoms with van der Waals surface area (Å²) in [5.41, 5.74) is 1.36. The molecule has 0 radical (unpaired) electrons. The Bertz CT molecular complexity index is 896. The third-order valence-corrected chi connectivity index (χ3v) is 6.72. The molecule has 1 aliphatic rings. The molecule has 2 aromatic rings. The molecule has 1 aromatic carbocycles. The molecular formula is C25H36N4O2S. The van der Waals surface area contributed by atoms with Crippen molar-refractivity contribution in [3.8, 4) is 5.75 Å². The highest BCUT2D eigenvalue weighted by molar-refractivity contribution is 7.99. The lowest BCUT2D eigenvalue weighted by atomic mass is 9.87. The first-order chi connectivity index (χ1) is 15.3. The van der Waals surface area contributed by atoms with Gasteiger partial charge in [-0.2, -0.15) is 0 Å². The second-order valence-electron chi connectivity index (χ2n) is 9.47. The van der Waals surface area contributed by atoms with E-state index in [1.165, 1.54) is 36.6 Å². The molecule has 6 nitrogen and oxygen atoms in total. The van der Waals surface area contributed by atoms with Crippen LogP contribution in [0.15, 0.2) is 42.1 Å². The predicted molar refractivity (Wildman–Crippen MR) is 130 cm³/mol. The van der Waals surface area contributed by atoms with Crippen LogP contribution in [0.3, 0.4) is 0 Å². The van der Waals surface area contributed by atoms with E-state index in [1.54, 1.807) is 0 Å². The van der Waals surface area contributed by atoms with Gasteiger partial charge in [0.15, 0.2) is 17.1 Å². The summed E-state index contributed by atoms with van der Waals surface area (Å²) in [5.74, 6) is 1.90. The normalized spacial score (nSPS) is 15.9. The number of carbonyl (C=O) groups is 1. The average molecular weight is 457 g/mol. The summed E-state index contributed by atoms with van der Waals surface area (Å²) in [6, 6.07) is 8.51. The van der Waals surface area contributed by atoms with Gasteiger partial charge in [-0.05, 0) is 42.9 Å². The number of amides is 1. The second-order valence-corrected chi connectivity index (χ2v) is 10.4. The Hall–Kier alpha value is -2.28. The minimum atomic E-state index is -0.284. The van der Waals surface area contributed by atoms with Gasteiger partial charge in [-0.25, -0.2) is 0 Å². The molecule has 1 aliphatic carbocycles. The van der Waals surface area contributed by atoms with Crippen LogP contribution in [0.5, 0.6) is 5.75 Å². The molecule has 1 unspecified atom stereocenters. The number of allylic oxidation sites excluding steroid dienone is 1. The lowest BCUT2D eigenvalue weighted by molar-refractivity contribution is -0.119. The van der Waals surface area contributed by atoms with Crippen LogP contribution >= 0.6 is 11.8 Å². The van der Waals surface area contributed by atoms with Crippen molar-refractivity contribution in [3.05, 3.63) is 48.3 Å². The maximum atomic E-state index is 12.4. The Labute approximate surface area is 196 Å². The third-order valence-electron chi connectivity index (χ3n) is 5.76. The largest absolute Gasteiger partial charge is 0.483 e. The zero-order valence-electron chi connectivity index (χ0n) is 19.8. The molecule has 1 aromatic heterocycles. The number of benzene rings is 1. The van der Waals surface area contributed by atoms with E-state index in [2.05, 4.69) is 55.0 Å². The van der Waals surface area contributed by atoms with Crippen molar-refractivity contribution in [1.29, 1.82) is 0 Å². The van der Waals surface area contributed by atoms with Gasteiger partial charge in [-0.3, -0.25) is 9.36 Å². The highest BCUT2D eigenvalue weighted by atomic mass is 32.2. The number of ether oxygens (including phenoxy) is 1. The minimum Gasteiger partial charge on any atom is -0.483 e. The first kappa shape index (κ1) is 24.4. The molecule has 0 saturated heterocycles. The van der Waals surface area contributed by atoms with Gasteiger partial charge in [0.1, 0.15) is 5.75 Å². The highest BCUT2D eigenvalue weighted by Crippen LogP contribution is 2.28. The first-order valence-corrected chi connectivity index (χ1v) is 12.5. The van der Waals surface area contributed by atoms with Crippen LogP contribution in [0.25, 0.3) is 0 Å². The molecule has 3 rings (SSSR count). The van der Waals surface area contributed by atoms with Crippen LogP contribution in [-0.4, -0.2) is 32.5 Å². The average Bonchev–Trinajstić information content (AvgIpc) is 3.16. The number of nitrogens with zero attached hydrogens (tertiary/aromatic N) is 3. The van der Waals surface area contributed by atoms with E-state index in [0.29, 0.717) is 23.5 Å². The zero-order valence-corrected chi connectivity index (χ0v) is 20.6. The van der Waals surface area contributed by atoms with Crippen LogP contribution < -0.4 is 10.1 Å². The fourth-order valence-electron chi connectivity index (χ4n) is 3.94. The molecular weight excluding hydrogens is 420 g/mol.